The molecule has 0 aromatic heterocycles. The van der Waals surface area contributed by atoms with Crippen LogP contribution in [0.3, 0.4) is 0 Å². The van der Waals surface area contributed by atoms with Crippen LogP contribution >= 0.6 is 0 Å². The maximum atomic E-state index is 14.2. The van der Waals surface area contributed by atoms with Crippen molar-refractivity contribution in [3.8, 4) is 0 Å². The summed E-state index contributed by atoms with van der Waals surface area (Å²) in [5.74, 6) is -1.19. The molecule has 0 aliphatic heterocycles. The van der Waals surface area contributed by atoms with Crippen molar-refractivity contribution in [3.05, 3.63) is 82.9 Å². The summed E-state index contributed by atoms with van der Waals surface area (Å²) in [7, 11) is 0. The van der Waals surface area contributed by atoms with E-state index in [1.165, 1.54) is 12.1 Å². The first-order valence-electron chi connectivity index (χ1n) is 6.76. The maximum absolute atomic E-state index is 14.2. The lowest BCUT2D eigenvalue weighted by molar-refractivity contribution is 0.538. The third kappa shape index (κ3) is 2.41. The van der Waals surface area contributed by atoms with E-state index in [0.717, 1.165) is 10.8 Å². The first kappa shape index (κ1) is 13.7. The Bertz CT molecular complexity index is 811. The maximum Gasteiger partial charge on any atom is 0.134 e. The Balaban J connectivity index is 2.12. The summed E-state index contributed by atoms with van der Waals surface area (Å²) in [6.45, 7) is 1.60. The lowest BCUT2D eigenvalue weighted by Crippen LogP contribution is -2.16. The zero-order chi connectivity index (χ0) is 15.0. The van der Waals surface area contributed by atoms with Gasteiger partial charge in [-0.1, -0.05) is 42.5 Å². The summed E-state index contributed by atoms with van der Waals surface area (Å²) < 4.78 is 28.2. The van der Waals surface area contributed by atoms with Crippen molar-refractivity contribution in [2.75, 3.05) is 0 Å². The fourth-order valence-electron chi connectivity index (χ4n) is 2.53. The smallest absolute Gasteiger partial charge is 0.134 e. The summed E-state index contributed by atoms with van der Waals surface area (Å²) in [6.07, 6.45) is 0. The van der Waals surface area contributed by atoms with Crippen molar-refractivity contribution in [1.29, 1.82) is 0 Å². The van der Waals surface area contributed by atoms with E-state index in [2.05, 4.69) is 0 Å². The van der Waals surface area contributed by atoms with Gasteiger partial charge in [-0.25, -0.2) is 8.78 Å². The summed E-state index contributed by atoms with van der Waals surface area (Å²) in [5.41, 5.74) is 7.10. The van der Waals surface area contributed by atoms with E-state index < -0.39 is 17.7 Å². The molecule has 0 aliphatic rings. The molecule has 21 heavy (non-hydrogen) atoms. The van der Waals surface area contributed by atoms with Crippen LogP contribution in [0.1, 0.15) is 22.7 Å². The number of rotatable bonds is 2. The van der Waals surface area contributed by atoms with Gasteiger partial charge < -0.3 is 5.73 Å². The monoisotopic (exact) mass is 283 g/mol. The van der Waals surface area contributed by atoms with E-state index in [1.54, 1.807) is 6.92 Å². The van der Waals surface area contributed by atoms with Gasteiger partial charge in [-0.2, -0.15) is 0 Å². The van der Waals surface area contributed by atoms with Crippen molar-refractivity contribution in [2.24, 2.45) is 5.73 Å². The Morgan fingerprint density at radius 3 is 2.38 bits per heavy atom. The van der Waals surface area contributed by atoms with Crippen molar-refractivity contribution >= 4 is 10.8 Å². The van der Waals surface area contributed by atoms with E-state index in [1.807, 2.05) is 42.5 Å². The summed E-state index contributed by atoms with van der Waals surface area (Å²) in [5, 5.41) is 2.07. The van der Waals surface area contributed by atoms with Gasteiger partial charge in [-0.3, -0.25) is 0 Å². The van der Waals surface area contributed by atoms with Crippen molar-refractivity contribution in [1.82, 2.24) is 0 Å². The van der Waals surface area contributed by atoms with Gasteiger partial charge in [0.25, 0.3) is 0 Å². The minimum absolute atomic E-state index is 0.0784. The summed E-state index contributed by atoms with van der Waals surface area (Å²) in [6, 6.07) is 15.3. The second kappa shape index (κ2) is 5.26. The average Bonchev–Trinajstić information content (AvgIpc) is 2.51. The molecule has 106 valence electrons. The molecule has 0 bridgehead atoms. The van der Waals surface area contributed by atoms with E-state index in [9.17, 15) is 8.78 Å². The molecular weight excluding hydrogens is 268 g/mol. The Morgan fingerprint density at radius 2 is 1.62 bits per heavy atom. The number of hydrogen-bond donors (Lipinski definition) is 1. The van der Waals surface area contributed by atoms with Gasteiger partial charge >= 0.3 is 0 Å². The largest absolute Gasteiger partial charge is 0.320 e. The van der Waals surface area contributed by atoms with Crippen LogP contribution in [0, 0.1) is 18.6 Å². The summed E-state index contributed by atoms with van der Waals surface area (Å²) >= 11 is 0. The van der Waals surface area contributed by atoms with Gasteiger partial charge in [0.15, 0.2) is 0 Å². The van der Waals surface area contributed by atoms with Crippen molar-refractivity contribution < 1.29 is 8.78 Å². The molecule has 1 unspecified atom stereocenters. The van der Waals surface area contributed by atoms with Crippen LogP contribution in [-0.2, 0) is 0 Å². The Labute approximate surface area is 122 Å². The van der Waals surface area contributed by atoms with Crippen LogP contribution in [0.25, 0.3) is 10.8 Å². The number of fused-ring (bicyclic) bond motifs is 1. The molecule has 3 aromatic rings. The van der Waals surface area contributed by atoms with Gasteiger partial charge in [-0.05, 0) is 41.0 Å². The van der Waals surface area contributed by atoms with Crippen LogP contribution in [0.4, 0.5) is 8.78 Å². The number of hydrogen-bond acceptors (Lipinski definition) is 1. The highest BCUT2D eigenvalue weighted by molar-refractivity contribution is 5.83. The molecule has 3 aromatic carbocycles. The minimum Gasteiger partial charge on any atom is -0.320 e. The molecule has 1 nitrogen and oxygen atoms in total. The first-order chi connectivity index (χ1) is 10.1. The molecule has 1 atom stereocenters. The highest BCUT2D eigenvalue weighted by Crippen LogP contribution is 2.28. The molecule has 0 radical (unpaired) electrons. The van der Waals surface area contributed by atoms with Gasteiger partial charge in [0, 0.05) is 5.56 Å². The normalized spacial score (nSPS) is 12.6. The van der Waals surface area contributed by atoms with Crippen LogP contribution in [0.2, 0.25) is 0 Å². The molecule has 0 heterocycles. The zero-order valence-electron chi connectivity index (χ0n) is 11.6. The van der Waals surface area contributed by atoms with E-state index in [0.29, 0.717) is 11.1 Å². The van der Waals surface area contributed by atoms with Crippen molar-refractivity contribution in [3.63, 3.8) is 0 Å². The highest BCUT2D eigenvalue weighted by atomic mass is 19.1. The number of nitrogens with two attached hydrogens (primary N) is 1. The molecule has 0 spiro atoms. The van der Waals surface area contributed by atoms with Gasteiger partial charge in [0.05, 0.1) is 6.04 Å². The van der Waals surface area contributed by atoms with E-state index in [4.69, 9.17) is 5.73 Å². The molecule has 3 heteroatoms. The number of benzene rings is 3. The Kier molecular flexibility index (Phi) is 3.43. The predicted molar refractivity (Wildman–Crippen MR) is 81.1 cm³/mol. The second-order valence-corrected chi connectivity index (χ2v) is 5.18. The third-order valence-corrected chi connectivity index (χ3v) is 3.76. The second-order valence-electron chi connectivity index (χ2n) is 5.18. The lowest BCUT2D eigenvalue weighted by atomic mass is 9.95. The fourth-order valence-corrected chi connectivity index (χ4v) is 2.53. The van der Waals surface area contributed by atoms with E-state index in [-0.39, 0.29) is 5.56 Å². The Hall–Kier alpha value is -2.26. The van der Waals surface area contributed by atoms with Gasteiger partial charge in [0.1, 0.15) is 11.6 Å². The Morgan fingerprint density at radius 1 is 0.905 bits per heavy atom. The fraction of sp³-hybridized carbons (Fsp3) is 0.111. The third-order valence-electron chi connectivity index (χ3n) is 3.76. The molecule has 0 saturated carbocycles. The molecule has 0 amide bonds. The number of aryl methyl sites for hydroxylation is 1. The van der Waals surface area contributed by atoms with Gasteiger partial charge in [-0.15, -0.1) is 0 Å². The molecular formula is C18H15F2N. The molecule has 3 rings (SSSR count). The number of halogens is 2. The van der Waals surface area contributed by atoms with E-state index >= 15 is 0 Å². The standard InChI is InChI=1S/C18H15F2N/c1-11-6-9-15(19)16(17(11)20)18(21)14-8-7-12-4-2-3-5-13(12)10-14/h2-10,18H,21H2,1H3. The predicted octanol–water partition coefficient (Wildman–Crippen LogP) is 4.47. The van der Waals surface area contributed by atoms with Crippen LogP contribution < -0.4 is 5.73 Å². The molecule has 0 saturated heterocycles. The topological polar surface area (TPSA) is 26.0 Å². The molecule has 0 fully saturated rings. The van der Waals surface area contributed by atoms with Crippen LogP contribution in [0.15, 0.2) is 54.6 Å². The van der Waals surface area contributed by atoms with Crippen LogP contribution in [-0.4, -0.2) is 0 Å². The highest BCUT2D eigenvalue weighted by Gasteiger charge is 2.20. The minimum atomic E-state index is -0.825. The SMILES string of the molecule is Cc1ccc(F)c(C(N)c2ccc3ccccc3c2)c1F. The van der Waals surface area contributed by atoms with Crippen LogP contribution in [0.5, 0.6) is 0 Å². The summed E-state index contributed by atoms with van der Waals surface area (Å²) in [4.78, 5) is 0. The lowest BCUT2D eigenvalue weighted by Gasteiger charge is -2.16. The quantitative estimate of drug-likeness (QED) is 0.737. The average molecular weight is 283 g/mol. The van der Waals surface area contributed by atoms with Gasteiger partial charge in [0.2, 0.25) is 0 Å². The first-order valence-corrected chi connectivity index (χ1v) is 6.76. The molecule has 0 aliphatic carbocycles. The zero-order valence-corrected chi connectivity index (χ0v) is 11.6. The molecule has 2 N–H and O–H groups in total. The van der Waals surface area contributed by atoms with Crippen molar-refractivity contribution in [2.45, 2.75) is 13.0 Å².